The summed E-state index contributed by atoms with van der Waals surface area (Å²) in [6.07, 6.45) is 8.10. The monoisotopic (exact) mass is 414 g/mol. The fourth-order valence-corrected chi connectivity index (χ4v) is 4.26. The lowest BCUT2D eigenvalue weighted by molar-refractivity contribution is -0.126. The summed E-state index contributed by atoms with van der Waals surface area (Å²) in [4.78, 5) is 25.0. The van der Waals surface area contributed by atoms with E-state index >= 15 is 0 Å². The zero-order chi connectivity index (χ0) is 21.5. The molecule has 7 heteroatoms. The average Bonchev–Trinajstić information content (AvgIpc) is 3.06. The predicted octanol–water partition coefficient (Wildman–Crippen LogP) is 3.37. The van der Waals surface area contributed by atoms with E-state index in [1.807, 2.05) is 24.3 Å². The number of methoxy groups -OCH3 is 1. The maximum absolute atomic E-state index is 12.5. The van der Waals surface area contributed by atoms with Gasteiger partial charge >= 0.3 is 5.69 Å². The lowest BCUT2D eigenvalue weighted by atomic mass is 9.79. The molecule has 164 valence electrons. The first-order valence-electron chi connectivity index (χ1n) is 11.1. The quantitative estimate of drug-likeness (QED) is 0.682. The van der Waals surface area contributed by atoms with E-state index in [0.29, 0.717) is 18.9 Å². The topological polar surface area (TPSA) is 78.2 Å². The van der Waals surface area contributed by atoms with Crippen LogP contribution in [0.15, 0.2) is 29.1 Å². The molecule has 0 atom stereocenters. The molecule has 30 heavy (non-hydrogen) atoms. The minimum absolute atomic E-state index is 0.109. The zero-order valence-corrected chi connectivity index (χ0v) is 18.4. The molecule has 0 unspecified atom stereocenters. The van der Waals surface area contributed by atoms with E-state index in [1.54, 1.807) is 14.2 Å². The minimum atomic E-state index is -0.188. The molecule has 1 aliphatic carbocycles. The number of unbranched alkanes of at least 4 members (excludes halogenated alkanes) is 1. The SMILES string of the molecule is CCCCC1CCC(C(=O)NCCn2nc(-c3ccc(OC)cc3)n(C)c2=O)CC1. The highest BCUT2D eigenvalue weighted by molar-refractivity contribution is 5.78. The Hall–Kier alpha value is -2.57. The van der Waals surface area contributed by atoms with Gasteiger partial charge in [-0.3, -0.25) is 9.36 Å². The Morgan fingerprint density at radius 2 is 1.90 bits per heavy atom. The molecule has 1 aromatic carbocycles. The zero-order valence-electron chi connectivity index (χ0n) is 18.4. The fourth-order valence-electron chi connectivity index (χ4n) is 4.26. The largest absolute Gasteiger partial charge is 0.497 e. The molecule has 0 aliphatic heterocycles. The molecule has 1 heterocycles. The third kappa shape index (κ3) is 5.32. The standard InChI is InChI=1S/C23H34N4O3/c1-4-5-6-17-7-9-19(10-8-17)22(28)24-15-16-27-23(29)26(2)21(25-27)18-11-13-20(30-3)14-12-18/h11-14,17,19H,4-10,15-16H2,1-3H3,(H,24,28). The van der Waals surface area contributed by atoms with Gasteiger partial charge in [0.1, 0.15) is 5.75 Å². The molecule has 0 bridgehead atoms. The Morgan fingerprint density at radius 1 is 1.20 bits per heavy atom. The molecule has 0 saturated heterocycles. The van der Waals surface area contributed by atoms with Gasteiger partial charge in [-0.2, -0.15) is 0 Å². The molecule has 2 aromatic rings. The van der Waals surface area contributed by atoms with Gasteiger partial charge in [-0.15, -0.1) is 5.10 Å². The second-order valence-electron chi connectivity index (χ2n) is 8.27. The van der Waals surface area contributed by atoms with Gasteiger partial charge in [0.2, 0.25) is 5.91 Å². The van der Waals surface area contributed by atoms with Crippen LogP contribution in [0.1, 0.15) is 51.9 Å². The molecular formula is C23H34N4O3. The number of amides is 1. The van der Waals surface area contributed by atoms with E-state index in [2.05, 4.69) is 17.3 Å². The maximum atomic E-state index is 12.5. The Bertz CT molecular complexity index is 877. The van der Waals surface area contributed by atoms with Gasteiger partial charge in [0.05, 0.1) is 13.7 Å². The first kappa shape index (κ1) is 22.1. The van der Waals surface area contributed by atoms with Crippen LogP contribution in [0.2, 0.25) is 0 Å². The number of aromatic nitrogens is 3. The second-order valence-corrected chi connectivity index (χ2v) is 8.27. The Labute approximate surface area is 178 Å². The number of nitrogens with one attached hydrogen (secondary N) is 1. The molecule has 0 spiro atoms. The van der Waals surface area contributed by atoms with E-state index in [-0.39, 0.29) is 17.5 Å². The second kappa shape index (κ2) is 10.5. The average molecular weight is 415 g/mol. The van der Waals surface area contributed by atoms with E-state index in [4.69, 9.17) is 4.74 Å². The van der Waals surface area contributed by atoms with Gasteiger partial charge in [-0.05, 0) is 55.9 Å². The summed E-state index contributed by atoms with van der Waals surface area (Å²) in [6, 6.07) is 7.44. The highest BCUT2D eigenvalue weighted by Crippen LogP contribution is 2.31. The van der Waals surface area contributed by atoms with Crippen LogP contribution in [0.3, 0.4) is 0 Å². The van der Waals surface area contributed by atoms with Crippen LogP contribution in [0.4, 0.5) is 0 Å². The molecule has 1 aromatic heterocycles. The number of ether oxygens (including phenoxy) is 1. The fraction of sp³-hybridized carbons (Fsp3) is 0.609. The number of carbonyl (C=O) groups excluding carboxylic acids is 1. The Balaban J connectivity index is 1.51. The minimum Gasteiger partial charge on any atom is -0.497 e. The maximum Gasteiger partial charge on any atom is 0.345 e. The molecule has 1 aliphatic rings. The van der Waals surface area contributed by atoms with Crippen LogP contribution in [-0.4, -0.2) is 33.9 Å². The lowest BCUT2D eigenvalue weighted by Gasteiger charge is -2.27. The van der Waals surface area contributed by atoms with Crippen molar-refractivity contribution in [3.63, 3.8) is 0 Å². The first-order valence-corrected chi connectivity index (χ1v) is 11.1. The van der Waals surface area contributed by atoms with Gasteiger partial charge < -0.3 is 10.1 Å². The van der Waals surface area contributed by atoms with Gasteiger partial charge in [0.15, 0.2) is 5.82 Å². The highest BCUT2D eigenvalue weighted by Gasteiger charge is 2.25. The normalized spacial score (nSPS) is 18.9. The molecule has 1 amide bonds. The van der Waals surface area contributed by atoms with Crippen LogP contribution >= 0.6 is 0 Å². The van der Waals surface area contributed by atoms with Crippen molar-refractivity contribution in [1.29, 1.82) is 0 Å². The third-order valence-corrected chi connectivity index (χ3v) is 6.20. The van der Waals surface area contributed by atoms with Crippen LogP contribution < -0.4 is 15.7 Å². The molecule has 1 fully saturated rings. The number of nitrogens with zero attached hydrogens (tertiary/aromatic N) is 3. The lowest BCUT2D eigenvalue weighted by Crippen LogP contribution is -2.36. The number of rotatable bonds is 9. The molecule has 1 N–H and O–H groups in total. The molecule has 7 nitrogen and oxygen atoms in total. The van der Waals surface area contributed by atoms with Crippen LogP contribution in [-0.2, 0) is 18.4 Å². The summed E-state index contributed by atoms with van der Waals surface area (Å²) in [6.45, 7) is 3.00. The number of hydrogen-bond acceptors (Lipinski definition) is 4. The van der Waals surface area contributed by atoms with Crippen molar-refractivity contribution in [3.8, 4) is 17.1 Å². The summed E-state index contributed by atoms with van der Waals surface area (Å²) >= 11 is 0. The Morgan fingerprint density at radius 3 is 2.53 bits per heavy atom. The van der Waals surface area contributed by atoms with E-state index in [0.717, 1.165) is 42.9 Å². The predicted molar refractivity (Wildman–Crippen MR) is 117 cm³/mol. The van der Waals surface area contributed by atoms with Crippen molar-refractivity contribution in [2.75, 3.05) is 13.7 Å². The smallest absolute Gasteiger partial charge is 0.345 e. The molecular weight excluding hydrogens is 380 g/mol. The van der Waals surface area contributed by atoms with Crippen molar-refractivity contribution in [1.82, 2.24) is 19.7 Å². The summed E-state index contributed by atoms with van der Waals surface area (Å²) in [5, 5.41) is 7.46. The van der Waals surface area contributed by atoms with Gasteiger partial charge in [0.25, 0.3) is 0 Å². The number of hydrogen-bond donors (Lipinski definition) is 1. The van der Waals surface area contributed by atoms with Crippen molar-refractivity contribution < 1.29 is 9.53 Å². The number of carbonyl (C=O) groups is 1. The Kier molecular flexibility index (Phi) is 7.71. The van der Waals surface area contributed by atoms with Crippen LogP contribution in [0, 0.1) is 11.8 Å². The van der Waals surface area contributed by atoms with Crippen molar-refractivity contribution in [3.05, 3.63) is 34.7 Å². The summed E-state index contributed by atoms with van der Waals surface area (Å²) < 4.78 is 8.13. The van der Waals surface area contributed by atoms with Crippen LogP contribution in [0.5, 0.6) is 5.75 Å². The summed E-state index contributed by atoms with van der Waals surface area (Å²) in [5.74, 6) is 2.36. The van der Waals surface area contributed by atoms with Gasteiger partial charge in [-0.1, -0.05) is 26.2 Å². The third-order valence-electron chi connectivity index (χ3n) is 6.20. The van der Waals surface area contributed by atoms with E-state index < -0.39 is 0 Å². The number of benzene rings is 1. The van der Waals surface area contributed by atoms with Crippen molar-refractivity contribution >= 4 is 5.91 Å². The summed E-state index contributed by atoms with van der Waals surface area (Å²) in [7, 11) is 3.33. The van der Waals surface area contributed by atoms with Crippen molar-refractivity contribution in [2.24, 2.45) is 18.9 Å². The van der Waals surface area contributed by atoms with Gasteiger partial charge in [-0.25, -0.2) is 9.48 Å². The van der Waals surface area contributed by atoms with Gasteiger partial charge in [0, 0.05) is 25.1 Å². The molecule has 0 radical (unpaired) electrons. The molecule has 1 saturated carbocycles. The molecule has 3 rings (SSSR count). The van der Waals surface area contributed by atoms with Crippen LogP contribution in [0.25, 0.3) is 11.4 Å². The van der Waals surface area contributed by atoms with E-state index in [1.165, 1.54) is 28.5 Å². The van der Waals surface area contributed by atoms with E-state index in [9.17, 15) is 9.59 Å². The van der Waals surface area contributed by atoms with Crippen molar-refractivity contribution in [2.45, 2.75) is 58.4 Å². The first-order chi connectivity index (χ1) is 14.5. The highest BCUT2D eigenvalue weighted by atomic mass is 16.5. The summed E-state index contributed by atoms with van der Waals surface area (Å²) in [5.41, 5.74) is 0.657.